The Balaban J connectivity index is 1.38. The summed E-state index contributed by atoms with van der Waals surface area (Å²) in [6, 6.07) is 6.34. The maximum atomic E-state index is 14.0. The lowest BCUT2D eigenvalue weighted by molar-refractivity contribution is 0.0688. The van der Waals surface area contributed by atoms with E-state index < -0.39 is 5.97 Å². The first kappa shape index (κ1) is 24.1. The van der Waals surface area contributed by atoms with Crippen molar-refractivity contribution < 1.29 is 19.8 Å². The van der Waals surface area contributed by atoms with Gasteiger partial charge in [-0.05, 0) is 66.9 Å². The summed E-state index contributed by atoms with van der Waals surface area (Å²) in [5, 5.41) is 23.8. The molecule has 1 spiro atoms. The molecule has 0 saturated heterocycles. The predicted octanol–water partition coefficient (Wildman–Crippen LogP) is 3.84. The number of β-amino-alcohol motifs (C(OH)–C–C–N with tert-alkyl or cyclic N) is 1. The van der Waals surface area contributed by atoms with Crippen molar-refractivity contribution in [3.63, 3.8) is 0 Å². The van der Waals surface area contributed by atoms with Crippen LogP contribution in [0, 0.1) is 5.41 Å². The maximum absolute atomic E-state index is 14.0. The molecule has 3 heterocycles. The molecule has 2 aliphatic carbocycles. The number of fused-ring (bicyclic) bond motifs is 3. The van der Waals surface area contributed by atoms with Gasteiger partial charge < -0.3 is 15.1 Å². The van der Waals surface area contributed by atoms with Gasteiger partial charge in [0.15, 0.2) is 5.69 Å². The van der Waals surface area contributed by atoms with Crippen LogP contribution in [-0.2, 0) is 18.4 Å². The first-order chi connectivity index (χ1) is 17.8. The van der Waals surface area contributed by atoms with Gasteiger partial charge in [0.1, 0.15) is 5.69 Å². The van der Waals surface area contributed by atoms with Crippen molar-refractivity contribution in [1.29, 1.82) is 0 Å². The minimum Gasteiger partial charge on any atom is -0.476 e. The highest BCUT2D eigenvalue weighted by molar-refractivity contribution is 6.09. The number of anilines is 1. The topological polar surface area (TPSA) is 98.9 Å². The number of aromatic nitrogens is 2. The highest BCUT2D eigenvalue weighted by Crippen LogP contribution is 2.53. The van der Waals surface area contributed by atoms with Crippen molar-refractivity contribution in [2.24, 2.45) is 5.41 Å². The largest absolute Gasteiger partial charge is 0.476 e. The van der Waals surface area contributed by atoms with Crippen LogP contribution in [0.3, 0.4) is 0 Å². The van der Waals surface area contributed by atoms with E-state index in [0.717, 1.165) is 43.7 Å². The molecule has 2 aliphatic heterocycles. The van der Waals surface area contributed by atoms with Crippen molar-refractivity contribution in [3.8, 4) is 0 Å². The first-order valence-electron chi connectivity index (χ1n) is 13.3. The van der Waals surface area contributed by atoms with Crippen LogP contribution in [-0.4, -0.2) is 63.0 Å². The predicted molar refractivity (Wildman–Crippen MR) is 141 cm³/mol. The standard InChI is InChI=1S/C29H34N4O4/c1-3-28(2)9-4-5-21(16-28)33-25-22(24(30-33)27(36)37)8-12-32(26(25)35)20-6-7-23-19(15-20)17-31(13-14-34)18-29(23)10-11-29/h4-7,9,15,34H,3,8,10-14,16-18H2,1-2H3,(H,36,37). The highest BCUT2D eigenvalue weighted by Gasteiger charge is 2.49. The summed E-state index contributed by atoms with van der Waals surface area (Å²) in [5.74, 6) is -1.31. The van der Waals surface area contributed by atoms with Gasteiger partial charge in [0, 0.05) is 48.5 Å². The van der Waals surface area contributed by atoms with Crippen molar-refractivity contribution in [2.45, 2.75) is 57.9 Å². The van der Waals surface area contributed by atoms with Gasteiger partial charge in [-0.3, -0.25) is 9.69 Å². The van der Waals surface area contributed by atoms with Gasteiger partial charge in [-0.25, -0.2) is 9.48 Å². The zero-order valence-electron chi connectivity index (χ0n) is 21.5. The van der Waals surface area contributed by atoms with Crippen LogP contribution in [0.4, 0.5) is 5.69 Å². The fourth-order valence-electron chi connectivity index (χ4n) is 6.38. The Bertz CT molecular complexity index is 1350. The highest BCUT2D eigenvalue weighted by atomic mass is 16.4. The summed E-state index contributed by atoms with van der Waals surface area (Å²) in [6.45, 7) is 7.22. The van der Waals surface area contributed by atoms with Gasteiger partial charge >= 0.3 is 5.97 Å². The number of amides is 1. The number of aliphatic hydroxyl groups is 1. The molecule has 1 aromatic heterocycles. The average molecular weight is 503 g/mol. The van der Waals surface area contributed by atoms with E-state index in [4.69, 9.17) is 0 Å². The number of carboxylic acid groups (broad SMARTS) is 1. The van der Waals surface area contributed by atoms with E-state index in [-0.39, 0.29) is 29.0 Å². The maximum Gasteiger partial charge on any atom is 0.356 e. The second kappa shape index (κ2) is 8.67. The number of aromatic carboxylic acids is 1. The summed E-state index contributed by atoms with van der Waals surface area (Å²) >= 11 is 0. The quantitative estimate of drug-likeness (QED) is 0.623. The van der Waals surface area contributed by atoms with Crippen LogP contribution in [0.5, 0.6) is 0 Å². The van der Waals surface area contributed by atoms with Crippen LogP contribution < -0.4 is 4.90 Å². The molecule has 1 saturated carbocycles. The lowest BCUT2D eigenvalue weighted by atomic mass is 9.80. The number of benzene rings is 1. The molecule has 2 aromatic rings. The van der Waals surface area contributed by atoms with Gasteiger partial charge in [0.05, 0.1) is 6.61 Å². The SMILES string of the molecule is CCC1(C)C=CC=C(n2nc(C(=O)O)c3c2C(=O)N(c2ccc4c(c2)CN(CCO)CC42CC2)CC3)C1. The van der Waals surface area contributed by atoms with Gasteiger partial charge in [-0.15, -0.1) is 0 Å². The third-order valence-corrected chi connectivity index (χ3v) is 8.83. The molecule has 194 valence electrons. The smallest absolute Gasteiger partial charge is 0.356 e. The Labute approximate surface area is 216 Å². The molecule has 4 aliphatic rings. The molecule has 6 rings (SSSR count). The Morgan fingerprint density at radius 1 is 1.24 bits per heavy atom. The van der Waals surface area contributed by atoms with E-state index in [2.05, 4.69) is 42.1 Å². The molecule has 1 aromatic carbocycles. The number of allylic oxidation sites excluding steroid dienone is 4. The Hall–Kier alpha value is -3.23. The number of hydrogen-bond acceptors (Lipinski definition) is 5. The van der Waals surface area contributed by atoms with Gasteiger partial charge in [0.2, 0.25) is 0 Å². The molecule has 1 atom stereocenters. The van der Waals surface area contributed by atoms with Crippen LogP contribution in [0.1, 0.15) is 77.2 Å². The number of carbonyl (C=O) groups is 2. The molecule has 1 amide bonds. The summed E-state index contributed by atoms with van der Waals surface area (Å²) in [4.78, 5) is 30.1. The Morgan fingerprint density at radius 2 is 2.05 bits per heavy atom. The minimum atomic E-state index is -1.10. The first-order valence-corrected chi connectivity index (χ1v) is 13.3. The lowest BCUT2D eigenvalue weighted by Gasteiger charge is -2.36. The molecular formula is C29H34N4O4. The van der Waals surface area contributed by atoms with Gasteiger partial charge in [0.25, 0.3) is 5.91 Å². The van der Waals surface area contributed by atoms with Crippen LogP contribution >= 0.6 is 0 Å². The Kier molecular flexibility index (Phi) is 5.65. The summed E-state index contributed by atoms with van der Waals surface area (Å²) < 4.78 is 1.59. The number of aliphatic hydroxyl groups excluding tert-OH is 1. The third kappa shape index (κ3) is 3.94. The number of hydrogen-bond donors (Lipinski definition) is 2. The second-order valence-electron chi connectivity index (χ2n) is 11.4. The summed E-state index contributed by atoms with van der Waals surface area (Å²) in [6.07, 6.45) is 10.5. The van der Waals surface area contributed by atoms with E-state index in [1.165, 1.54) is 11.1 Å². The Morgan fingerprint density at radius 3 is 2.76 bits per heavy atom. The van der Waals surface area contributed by atoms with Gasteiger partial charge in [-0.1, -0.05) is 32.1 Å². The van der Waals surface area contributed by atoms with Crippen LogP contribution in [0.25, 0.3) is 5.70 Å². The summed E-state index contributed by atoms with van der Waals surface area (Å²) in [5.41, 5.74) is 5.22. The van der Waals surface area contributed by atoms with Crippen molar-refractivity contribution >= 4 is 23.3 Å². The van der Waals surface area contributed by atoms with E-state index >= 15 is 0 Å². The van der Waals surface area contributed by atoms with Crippen LogP contribution in [0.2, 0.25) is 0 Å². The van der Waals surface area contributed by atoms with Gasteiger partial charge in [-0.2, -0.15) is 5.10 Å². The minimum absolute atomic E-state index is 0.0302. The fourth-order valence-corrected chi connectivity index (χ4v) is 6.38. The number of rotatable bonds is 6. The zero-order valence-corrected chi connectivity index (χ0v) is 21.5. The second-order valence-corrected chi connectivity index (χ2v) is 11.4. The van der Waals surface area contributed by atoms with Crippen molar-refractivity contribution in [3.05, 3.63) is 64.5 Å². The van der Waals surface area contributed by atoms with E-state index in [1.54, 1.807) is 9.58 Å². The van der Waals surface area contributed by atoms with E-state index in [0.29, 0.717) is 37.2 Å². The number of nitrogens with zero attached hydrogens (tertiary/aromatic N) is 4. The van der Waals surface area contributed by atoms with E-state index in [1.807, 2.05) is 18.2 Å². The number of carbonyl (C=O) groups excluding carboxylic acids is 1. The lowest BCUT2D eigenvalue weighted by Crippen LogP contribution is -2.41. The van der Waals surface area contributed by atoms with Crippen LogP contribution in [0.15, 0.2) is 36.4 Å². The molecule has 0 bridgehead atoms. The molecule has 8 heteroatoms. The summed E-state index contributed by atoms with van der Waals surface area (Å²) in [7, 11) is 0. The van der Waals surface area contributed by atoms with Crippen molar-refractivity contribution in [2.75, 3.05) is 31.1 Å². The molecular weight excluding hydrogens is 468 g/mol. The molecule has 37 heavy (non-hydrogen) atoms. The molecule has 8 nitrogen and oxygen atoms in total. The molecule has 2 N–H and O–H groups in total. The fraction of sp³-hybridized carbons (Fsp3) is 0.483. The molecule has 0 radical (unpaired) electrons. The average Bonchev–Trinajstić information content (AvgIpc) is 3.52. The number of carboxylic acids is 1. The monoisotopic (exact) mass is 502 g/mol. The zero-order chi connectivity index (χ0) is 25.9. The molecule has 1 unspecified atom stereocenters. The normalized spacial score (nSPS) is 24.1. The van der Waals surface area contributed by atoms with E-state index in [9.17, 15) is 19.8 Å². The molecule has 1 fully saturated rings. The third-order valence-electron chi connectivity index (χ3n) is 8.83. The van der Waals surface area contributed by atoms with Crippen molar-refractivity contribution in [1.82, 2.24) is 14.7 Å².